The first kappa shape index (κ1) is 20.0. The molecule has 4 heterocycles. The molecule has 5 rings (SSSR count). The van der Waals surface area contributed by atoms with Crippen molar-refractivity contribution in [2.24, 2.45) is 0 Å². The third-order valence-electron chi connectivity index (χ3n) is 5.10. The molecule has 0 spiro atoms. The van der Waals surface area contributed by atoms with Gasteiger partial charge < -0.3 is 4.74 Å². The van der Waals surface area contributed by atoms with E-state index in [0.29, 0.717) is 39.6 Å². The molecule has 0 unspecified atom stereocenters. The van der Waals surface area contributed by atoms with E-state index in [9.17, 15) is 14.4 Å². The molecule has 0 bridgehead atoms. The highest BCUT2D eigenvalue weighted by atomic mass is 32.1. The minimum Gasteiger partial charge on any atom is -0.494 e. The average Bonchev–Trinajstić information content (AvgIpc) is 3.28. The van der Waals surface area contributed by atoms with E-state index in [0.717, 1.165) is 4.57 Å². The fraction of sp³-hybridized carbons (Fsp3) is 0.130. The number of hydrogen-bond acceptors (Lipinski definition) is 6. The lowest BCUT2D eigenvalue weighted by Crippen LogP contribution is -2.39. The maximum absolute atomic E-state index is 13.5. The number of benzene rings is 1. The molecule has 5 aromatic rings. The third-order valence-corrected chi connectivity index (χ3v) is 6.00. The molecular weight excluding hydrogens is 428 g/mol. The summed E-state index contributed by atoms with van der Waals surface area (Å²) in [4.78, 5) is 43.6. The second kappa shape index (κ2) is 7.93. The molecule has 1 aromatic carbocycles. The van der Waals surface area contributed by atoms with E-state index >= 15 is 0 Å². The molecule has 0 aliphatic carbocycles. The molecule has 4 aromatic heterocycles. The van der Waals surface area contributed by atoms with Crippen molar-refractivity contribution in [3.05, 3.63) is 103 Å². The van der Waals surface area contributed by atoms with Crippen molar-refractivity contribution < 1.29 is 4.74 Å². The number of hydrogen-bond donors (Lipinski definition) is 0. The summed E-state index contributed by atoms with van der Waals surface area (Å²) in [7, 11) is 0. The number of ether oxygens (including phenoxy) is 1. The van der Waals surface area contributed by atoms with Gasteiger partial charge in [0.2, 0.25) is 0 Å². The van der Waals surface area contributed by atoms with Gasteiger partial charge in [-0.25, -0.2) is 14.3 Å². The van der Waals surface area contributed by atoms with E-state index in [1.165, 1.54) is 26.4 Å². The van der Waals surface area contributed by atoms with Gasteiger partial charge in [-0.1, -0.05) is 6.07 Å². The van der Waals surface area contributed by atoms with Gasteiger partial charge in [-0.15, -0.1) is 11.3 Å². The molecule has 0 atom stereocenters. The molecule has 0 saturated carbocycles. The second-order valence-corrected chi connectivity index (χ2v) is 8.00. The Morgan fingerprint density at radius 3 is 2.62 bits per heavy atom. The monoisotopic (exact) mass is 446 g/mol. The third kappa shape index (κ3) is 3.32. The zero-order valence-electron chi connectivity index (χ0n) is 17.1. The van der Waals surface area contributed by atoms with Crippen LogP contribution in [-0.4, -0.2) is 25.1 Å². The van der Waals surface area contributed by atoms with Crippen LogP contribution in [0.15, 0.2) is 80.6 Å². The van der Waals surface area contributed by atoms with Gasteiger partial charge in [0.25, 0.3) is 11.1 Å². The van der Waals surface area contributed by atoms with E-state index in [4.69, 9.17) is 4.74 Å². The molecule has 160 valence electrons. The first-order valence-corrected chi connectivity index (χ1v) is 10.9. The van der Waals surface area contributed by atoms with E-state index in [1.807, 2.05) is 6.92 Å². The van der Waals surface area contributed by atoms with E-state index in [-0.39, 0.29) is 17.7 Å². The van der Waals surface area contributed by atoms with Gasteiger partial charge >= 0.3 is 5.69 Å². The number of fused-ring (bicyclic) bond motifs is 2. The van der Waals surface area contributed by atoms with E-state index in [2.05, 4.69) is 4.98 Å². The van der Waals surface area contributed by atoms with Crippen LogP contribution < -0.4 is 21.5 Å². The summed E-state index contributed by atoms with van der Waals surface area (Å²) >= 11 is 1.27. The quantitative estimate of drug-likeness (QED) is 0.414. The van der Waals surface area contributed by atoms with Gasteiger partial charge in [0.1, 0.15) is 16.1 Å². The number of thiophene rings is 1. The predicted molar refractivity (Wildman–Crippen MR) is 123 cm³/mol. The molecular formula is C23H18N4O4S. The number of aromatic nitrogens is 4. The Hall–Kier alpha value is -3.98. The van der Waals surface area contributed by atoms with Crippen LogP contribution in [0.1, 0.15) is 12.6 Å². The zero-order chi connectivity index (χ0) is 22.2. The average molecular weight is 446 g/mol. The standard InChI is InChI=1S/C23H18N4O4S/c1-2-31-17-8-6-16(7-9-17)27-22(29)21-18(10-12-32-21)26(23(27)30)14-15-13-20(28)25-11-4-3-5-19(25)24-15/h3-13H,2,14H2,1H3. The Bertz CT molecular complexity index is 1630. The van der Waals surface area contributed by atoms with Crippen molar-refractivity contribution in [1.29, 1.82) is 0 Å². The lowest BCUT2D eigenvalue weighted by atomic mass is 10.3. The number of pyridine rings is 1. The first-order valence-electron chi connectivity index (χ1n) is 10.0. The van der Waals surface area contributed by atoms with Crippen LogP contribution in [0.3, 0.4) is 0 Å². The number of rotatable bonds is 5. The minimum absolute atomic E-state index is 0.0595. The highest BCUT2D eigenvalue weighted by molar-refractivity contribution is 7.17. The molecule has 0 radical (unpaired) electrons. The van der Waals surface area contributed by atoms with Gasteiger partial charge in [-0.3, -0.25) is 18.6 Å². The molecule has 0 fully saturated rings. The van der Waals surface area contributed by atoms with Crippen LogP contribution in [0.4, 0.5) is 0 Å². The predicted octanol–water partition coefficient (Wildman–Crippen LogP) is 2.67. The largest absolute Gasteiger partial charge is 0.494 e. The fourth-order valence-electron chi connectivity index (χ4n) is 3.67. The summed E-state index contributed by atoms with van der Waals surface area (Å²) in [6.07, 6.45) is 1.64. The molecule has 32 heavy (non-hydrogen) atoms. The summed E-state index contributed by atoms with van der Waals surface area (Å²) in [6.45, 7) is 2.46. The zero-order valence-corrected chi connectivity index (χ0v) is 17.9. The highest BCUT2D eigenvalue weighted by Gasteiger charge is 2.17. The van der Waals surface area contributed by atoms with Crippen molar-refractivity contribution in [1.82, 2.24) is 18.5 Å². The van der Waals surface area contributed by atoms with Gasteiger partial charge in [0.15, 0.2) is 0 Å². The van der Waals surface area contributed by atoms with Crippen molar-refractivity contribution >= 4 is 27.2 Å². The summed E-state index contributed by atoms with van der Waals surface area (Å²) in [5.41, 5.74) is 0.769. The second-order valence-electron chi connectivity index (χ2n) is 7.09. The molecule has 0 aliphatic rings. The van der Waals surface area contributed by atoms with Crippen LogP contribution in [0.5, 0.6) is 5.75 Å². The van der Waals surface area contributed by atoms with Crippen LogP contribution >= 0.6 is 11.3 Å². The van der Waals surface area contributed by atoms with Gasteiger partial charge in [-0.05, 0) is 54.8 Å². The Morgan fingerprint density at radius 1 is 1.03 bits per heavy atom. The molecule has 8 nitrogen and oxygen atoms in total. The smallest absolute Gasteiger partial charge is 0.336 e. The number of nitrogens with zero attached hydrogens (tertiary/aromatic N) is 4. The van der Waals surface area contributed by atoms with E-state index < -0.39 is 5.69 Å². The fourth-order valence-corrected chi connectivity index (χ4v) is 4.50. The normalized spacial score (nSPS) is 11.3. The van der Waals surface area contributed by atoms with Gasteiger partial charge in [0, 0.05) is 12.3 Å². The van der Waals surface area contributed by atoms with E-state index in [1.54, 1.807) is 60.1 Å². The summed E-state index contributed by atoms with van der Waals surface area (Å²) < 4.78 is 9.97. The molecule has 0 saturated heterocycles. The molecule has 0 aliphatic heterocycles. The minimum atomic E-state index is -0.500. The lowest BCUT2D eigenvalue weighted by Gasteiger charge is -2.13. The maximum atomic E-state index is 13.5. The Kier molecular flexibility index (Phi) is 4.95. The summed E-state index contributed by atoms with van der Waals surface area (Å²) in [5.74, 6) is 0.655. The molecule has 9 heteroatoms. The van der Waals surface area contributed by atoms with Crippen molar-refractivity contribution in [2.75, 3.05) is 6.61 Å². The first-order chi connectivity index (χ1) is 15.6. The maximum Gasteiger partial charge on any atom is 0.336 e. The van der Waals surface area contributed by atoms with Crippen molar-refractivity contribution in [3.63, 3.8) is 0 Å². The Balaban J connectivity index is 1.69. The summed E-state index contributed by atoms with van der Waals surface area (Å²) in [5, 5.41) is 1.77. The SMILES string of the molecule is CCOc1ccc(-n2c(=O)c3sccc3n(Cc3cc(=O)n4ccccc4n3)c2=O)cc1. The Morgan fingerprint density at radius 2 is 1.84 bits per heavy atom. The van der Waals surface area contributed by atoms with Crippen LogP contribution in [0, 0.1) is 0 Å². The lowest BCUT2D eigenvalue weighted by molar-refractivity contribution is 0.340. The molecule has 0 N–H and O–H groups in total. The molecule has 0 amide bonds. The highest BCUT2D eigenvalue weighted by Crippen LogP contribution is 2.18. The topological polar surface area (TPSA) is 87.6 Å². The van der Waals surface area contributed by atoms with Crippen LogP contribution in [0.2, 0.25) is 0 Å². The Labute approximate surface area is 185 Å². The van der Waals surface area contributed by atoms with Crippen molar-refractivity contribution in [2.45, 2.75) is 13.5 Å². The van der Waals surface area contributed by atoms with Crippen molar-refractivity contribution in [3.8, 4) is 11.4 Å². The van der Waals surface area contributed by atoms with Crippen LogP contribution in [-0.2, 0) is 6.54 Å². The van der Waals surface area contributed by atoms with Gasteiger partial charge in [0.05, 0.1) is 30.0 Å². The van der Waals surface area contributed by atoms with Gasteiger partial charge in [-0.2, -0.15) is 0 Å². The summed E-state index contributed by atoms with van der Waals surface area (Å²) in [6, 6.07) is 15.2. The van der Waals surface area contributed by atoms with Crippen LogP contribution in [0.25, 0.3) is 21.6 Å².